The van der Waals surface area contributed by atoms with Crippen LogP contribution in [0.2, 0.25) is 0 Å². The fraction of sp³-hybridized carbons (Fsp3) is 0.562. The lowest BCUT2D eigenvalue weighted by atomic mass is 9.99. The monoisotopic (exact) mass is 300 g/mol. The van der Waals surface area contributed by atoms with Crippen LogP contribution in [0.3, 0.4) is 0 Å². The number of aromatic nitrogens is 3. The Morgan fingerprint density at radius 1 is 1.23 bits per heavy atom. The van der Waals surface area contributed by atoms with Crippen molar-refractivity contribution in [2.45, 2.75) is 51.0 Å². The second-order valence-corrected chi connectivity index (χ2v) is 6.10. The van der Waals surface area contributed by atoms with Crippen molar-refractivity contribution in [2.24, 2.45) is 0 Å². The van der Waals surface area contributed by atoms with Gasteiger partial charge in [-0.25, -0.2) is 0 Å². The first-order valence-corrected chi connectivity index (χ1v) is 7.88. The highest BCUT2D eigenvalue weighted by Gasteiger charge is 2.41. The number of hydrogen-bond donors (Lipinski definition) is 0. The second-order valence-electron chi connectivity index (χ2n) is 6.10. The van der Waals surface area contributed by atoms with Gasteiger partial charge in [-0.2, -0.15) is 4.98 Å². The van der Waals surface area contributed by atoms with Crippen LogP contribution < -0.4 is 0 Å². The zero-order valence-corrected chi connectivity index (χ0v) is 12.7. The summed E-state index contributed by atoms with van der Waals surface area (Å²) >= 11 is 0. The van der Waals surface area contributed by atoms with Crippen LogP contribution in [0.5, 0.6) is 0 Å². The maximum Gasteiger partial charge on any atom is 0.255 e. The molecule has 2 aromatic heterocycles. The number of hydrogen-bond acceptors (Lipinski definition) is 6. The normalized spacial score (nSPS) is 28.7. The van der Waals surface area contributed by atoms with E-state index in [9.17, 15) is 0 Å². The first-order chi connectivity index (χ1) is 10.8. The van der Waals surface area contributed by atoms with E-state index in [1.807, 2.05) is 19.3 Å². The molecule has 0 amide bonds. The molecule has 0 bridgehead atoms. The fourth-order valence-corrected chi connectivity index (χ4v) is 3.56. The summed E-state index contributed by atoms with van der Waals surface area (Å²) < 4.78 is 11.5. The molecule has 6 nitrogen and oxygen atoms in total. The second kappa shape index (κ2) is 5.78. The van der Waals surface area contributed by atoms with Crippen LogP contribution in [0.1, 0.15) is 42.6 Å². The van der Waals surface area contributed by atoms with Crippen molar-refractivity contribution in [2.75, 3.05) is 6.54 Å². The average molecular weight is 300 g/mol. The van der Waals surface area contributed by atoms with Crippen molar-refractivity contribution < 1.29 is 9.26 Å². The molecule has 6 heteroatoms. The molecule has 2 aromatic rings. The molecule has 2 aliphatic rings. The first kappa shape index (κ1) is 13.8. The predicted molar refractivity (Wildman–Crippen MR) is 78.9 cm³/mol. The van der Waals surface area contributed by atoms with Crippen molar-refractivity contribution in [3.05, 3.63) is 41.8 Å². The lowest BCUT2D eigenvalue weighted by molar-refractivity contribution is -0.0831. The van der Waals surface area contributed by atoms with Crippen LogP contribution in [-0.4, -0.2) is 38.7 Å². The van der Waals surface area contributed by atoms with Crippen LogP contribution >= 0.6 is 0 Å². The SMILES string of the molecule is Cc1noc([C@H]2CC[C@@H]3[C@@H](CCN3Cc3ccncc3)O2)n1. The van der Waals surface area contributed by atoms with Gasteiger partial charge in [-0.05, 0) is 43.9 Å². The summed E-state index contributed by atoms with van der Waals surface area (Å²) in [5.74, 6) is 1.30. The Morgan fingerprint density at radius 3 is 2.86 bits per heavy atom. The summed E-state index contributed by atoms with van der Waals surface area (Å²) in [4.78, 5) is 10.9. The van der Waals surface area contributed by atoms with Crippen molar-refractivity contribution in [3.63, 3.8) is 0 Å². The van der Waals surface area contributed by atoms with Crippen LogP contribution in [0.25, 0.3) is 0 Å². The Balaban J connectivity index is 1.42. The molecule has 2 aliphatic heterocycles. The molecule has 0 aliphatic carbocycles. The van der Waals surface area contributed by atoms with E-state index in [0.717, 1.165) is 32.4 Å². The van der Waals surface area contributed by atoms with E-state index in [0.29, 0.717) is 17.8 Å². The molecule has 2 fully saturated rings. The highest BCUT2D eigenvalue weighted by Crippen LogP contribution is 2.37. The molecule has 0 spiro atoms. The van der Waals surface area contributed by atoms with Crippen molar-refractivity contribution >= 4 is 0 Å². The van der Waals surface area contributed by atoms with Crippen LogP contribution in [0, 0.1) is 6.92 Å². The zero-order chi connectivity index (χ0) is 14.9. The molecule has 0 N–H and O–H groups in total. The topological polar surface area (TPSA) is 64.3 Å². The fourth-order valence-electron chi connectivity index (χ4n) is 3.56. The minimum absolute atomic E-state index is 0.0386. The summed E-state index contributed by atoms with van der Waals surface area (Å²) in [6.45, 7) is 3.88. The van der Waals surface area contributed by atoms with Crippen molar-refractivity contribution in [3.8, 4) is 0 Å². The van der Waals surface area contributed by atoms with Gasteiger partial charge in [0.05, 0.1) is 6.10 Å². The minimum atomic E-state index is -0.0386. The predicted octanol–water partition coefficient (Wildman–Crippen LogP) is 2.27. The lowest BCUT2D eigenvalue weighted by Crippen LogP contribution is -2.40. The van der Waals surface area contributed by atoms with E-state index in [-0.39, 0.29) is 12.2 Å². The van der Waals surface area contributed by atoms with Gasteiger partial charge in [-0.15, -0.1) is 0 Å². The van der Waals surface area contributed by atoms with Crippen molar-refractivity contribution in [1.29, 1.82) is 0 Å². The maximum absolute atomic E-state index is 6.23. The maximum atomic E-state index is 6.23. The number of fused-ring (bicyclic) bond motifs is 1. The molecule has 3 atom stereocenters. The summed E-state index contributed by atoms with van der Waals surface area (Å²) in [5, 5.41) is 3.87. The Morgan fingerprint density at radius 2 is 2.09 bits per heavy atom. The summed E-state index contributed by atoms with van der Waals surface area (Å²) in [7, 11) is 0. The Labute approximate surface area is 129 Å². The highest BCUT2D eigenvalue weighted by atomic mass is 16.5. The molecule has 2 saturated heterocycles. The van der Waals surface area contributed by atoms with Gasteiger partial charge >= 0.3 is 0 Å². The zero-order valence-electron chi connectivity index (χ0n) is 12.7. The summed E-state index contributed by atoms with van der Waals surface area (Å²) in [6, 6.07) is 4.66. The third-order valence-corrected chi connectivity index (χ3v) is 4.62. The molecule has 116 valence electrons. The summed E-state index contributed by atoms with van der Waals surface area (Å²) in [6.07, 6.45) is 7.07. The van der Waals surface area contributed by atoms with Gasteiger partial charge < -0.3 is 9.26 Å². The Bertz CT molecular complexity index is 630. The van der Waals surface area contributed by atoms with Gasteiger partial charge in [-0.3, -0.25) is 9.88 Å². The third-order valence-electron chi connectivity index (χ3n) is 4.62. The molecule has 0 unspecified atom stereocenters. The summed E-state index contributed by atoms with van der Waals surface area (Å²) in [5.41, 5.74) is 1.31. The van der Waals surface area contributed by atoms with E-state index in [2.05, 4.69) is 32.2 Å². The largest absolute Gasteiger partial charge is 0.363 e. The number of aryl methyl sites for hydroxylation is 1. The quantitative estimate of drug-likeness (QED) is 0.866. The standard InChI is InChI=1S/C16H20N4O2/c1-11-18-16(22-19-11)15-3-2-13-14(21-15)6-9-20(13)10-12-4-7-17-8-5-12/h4-5,7-8,13-15H,2-3,6,9-10H2,1H3/t13-,14-,15-/m1/s1. The smallest absolute Gasteiger partial charge is 0.255 e. The number of ether oxygens (including phenoxy) is 1. The Hall–Kier alpha value is -1.79. The van der Waals surface area contributed by atoms with Crippen LogP contribution in [0.15, 0.2) is 29.0 Å². The van der Waals surface area contributed by atoms with E-state index in [1.165, 1.54) is 5.56 Å². The number of pyridine rings is 1. The molecule has 4 heterocycles. The third kappa shape index (κ3) is 2.64. The first-order valence-electron chi connectivity index (χ1n) is 7.88. The molecular formula is C16H20N4O2. The number of likely N-dealkylation sites (tertiary alicyclic amines) is 1. The van der Waals surface area contributed by atoms with Gasteiger partial charge in [0.1, 0.15) is 6.10 Å². The van der Waals surface area contributed by atoms with Gasteiger partial charge in [-0.1, -0.05) is 5.16 Å². The van der Waals surface area contributed by atoms with E-state index in [4.69, 9.17) is 9.26 Å². The minimum Gasteiger partial charge on any atom is -0.363 e. The van der Waals surface area contributed by atoms with Crippen LogP contribution in [-0.2, 0) is 11.3 Å². The molecular weight excluding hydrogens is 280 g/mol. The Kier molecular flexibility index (Phi) is 3.63. The lowest BCUT2D eigenvalue weighted by Gasteiger charge is -2.34. The van der Waals surface area contributed by atoms with Gasteiger partial charge in [0.2, 0.25) is 0 Å². The molecule has 0 radical (unpaired) electrons. The average Bonchev–Trinajstić information content (AvgIpc) is 3.15. The van der Waals surface area contributed by atoms with E-state index < -0.39 is 0 Å². The van der Waals surface area contributed by atoms with Crippen molar-refractivity contribution in [1.82, 2.24) is 20.0 Å². The molecule has 4 rings (SSSR count). The molecule has 0 saturated carbocycles. The van der Waals surface area contributed by atoms with E-state index in [1.54, 1.807) is 0 Å². The molecule has 0 aromatic carbocycles. The van der Waals surface area contributed by atoms with Gasteiger partial charge in [0, 0.05) is 31.5 Å². The van der Waals surface area contributed by atoms with E-state index >= 15 is 0 Å². The molecule has 22 heavy (non-hydrogen) atoms. The van der Waals surface area contributed by atoms with Gasteiger partial charge in [0.15, 0.2) is 5.82 Å². The number of nitrogens with zero attached hydrogens (tertiary/aromatic N) is 4. The van der Waals surface area contributed by atoms with Gasteiger partial charge in [0.25, 0.3) is 5.89 Å². The highest BCUT2D eigenvalue weighted by molar-refractivity contribution is 5.10. The number of rotatable bonds is 3. The van der Waals surface area contributed by atoms with Crippen LogP contribution in [0.4, 0.5) is 0 Å².